The van der Waals surface area contributed by atoms with Crippen LogP contribution in [0.25, 0.3) is 0 Å². The average molecular weight is 297 g/mol. The number of amides is 2. The van der Waals surface area contributed by atoms with Gasteiger partial charge in [-0.25, -0.2) is 0 Å². The quantitative estimate of drug-likeness (QED) is 0.802. The summed E-state index contributed by atoms with van der Waals surface area (Å²) in [6, 6.07) is 4.90. The standard InChI is InChI=1S/C13H17ClN4O2/c1-17-4-5-18(8-13(17)20)7-12(19)16-11-3-2-9(15)6-10(11)14/h2-3,6H,4-5,7-8,15H2,1H3,(H,16,19). The number of piperazine rings is 1. The number of hydrogen-bond acceptors (Lipinski definition) is 4. The first-order valence-corrected chi connectivity index (χ1v) is 6.64. The van der Waals surface area contributed by atoms with Gasteiger partial charge < -0.3 is 16.0 Å². The molecular weight excluding hydrogens is 280 g/mol. The van der Waals surface area contributed by atoms with E-state index in [1.165, 1.54) is 0 Å². The van der Waals surface area contributed by atoms with Gasteiger partial charge >= 0.3 is 0 Å². The lowest BCUT2D eigenvalue weighted by Crippen LogP contribution is -2.50. The van der Waals surface area contributed by atoms with E-state index in [0.29, 0.717) is 29.5 Å². The van der Waals surface area contributed by atoms with Crippen LogP contribution in [0.1, 0.15) is 0 Å². The number of anilines is 2. The summed E-state index contributed by atoms with van der Waals surface area (Å²) in [5.74, 6) is -0.177. The van der Waals surface area contributed by atoms with Crippen molar-refractivity contribution < 1.29 is 9.59 Å². The van der Waals surface area contributed by atoms with Crippen LogP contribution in [-0.4, -0.2) is 54.8 Å². The predicted octanol–water partition coefficient (Wildman–Crippen LogP) is 0.635. The summed E-state index contributed by atoms with van der Waals surface area (Å²) in [6.45, 7) is 1.75. The van der Waals surface area contributed by atoms with E-state index in [1.807, 2.05) is 4.90 Å². The third-order valence-electron chi connectivity index (χ3n) is 3.17. The Hall–Kier alpha value is -1.79. The Morgan fingerprint density at radius 1 is 1.45 bits per heavy atom. The van der Waals surface area contributed by atoms with Gasteiger partial charge in [-0.3, -0.25) is 14.5 Å². The number of nitrogens with one attached hydrogen (secondary N) is 1. The van der Waals surface area contributed by atoms with Crippen molar-refractivity contribution in [2.45, 2.75) is 0 Å². The number of carbonyl (C=O) groups is 2. The zero-order chi connectivity index (χ0) is 14.7. The van der Waals surface area contributed by atoms with Gasteiger partial charge in [0.15, 0.2) is 0 Å². The molecule has 1 aromatic carbocycles. The molecule has 6 nitrogen and oxygen atoms in total. The molecular formula is C13H17ClN4O2. The van der Waals surface area contributed by atoms with Gasteiger partial charge in [-0.05, 0) is 18.2 Å². The van der Waals surface area contributed by atoms with Crippen LogP contribution >= 0.6 is 11.6 Å². The number of nitrogens with zero attached hydrogens (tertiary/aromatic N) is 2. The number of halogens is 1. The van der Waals surface area contributed by atoms with Gasteiger partial charge in [-0.15, -0.1) is 0 Å². The summed E-state index contributed by atoms with van der Waals surface area (Å²) in [6.07, 6.45) is 0. The third-order valence-corrected chi connectivity index (χ3v) is 3.48. The number of nitrogens with two attached hydrogens (primary N) is 1. The van der Waals surface area contributed by atoms with E-state index < -0.39 is 0 Å². The number of nitrogen functional groups attached to an aromatic ring is 1. The molecule has 3 N–H and O–H groups in total. The van der Waals surface area contributed by atoms with Crippen LogP contribution in [0.15, 0.2) is 18.2 Å². The van der Waals surface area contributed by atoms with Crippen LogP contribution in [0.2, 0.25) is 5.02 Å². The molecule has 1 heterocycles. The number of hydrogen-bond donors (Lipinski definition) is 2. The Balaban J connectivity index is 1.91. The second-order valence-electron chi connectivity index (χ2n) is 4.81. The predicted molar refractivity (Wildman–Crippen MR) is 78.6 cm³/mol. The van der Waals surface area contributed by atoms with Gasteiger partial charge in [0.05, 0.1) is 23.8 Å². The highest BCUT2D eigenvalue weighted by Crippen LogP contribution is 2.23. The fraction of sp³-hybridized carbons (Fsp3) is 0.385. The molecule has 0 spiro atoms. The highest BCUT2D eigenvalue weighted by Gasteiger charge is 2.22. The Bertz CT molecular complexity index is 535. The lowest BCUT2D eigenvalue weighted by molar-refractivity contribution is -0.135. The van der Waals surface area contributed by atoms with Crippen molar-refractivity contribution >= 4 is 34.8 Å². The molecule has 1 saturated heterocycles. The molecule has 0 aliphatic carbocycles. The molecule has 1 fully saturated rings. The Kier molecular flexibility index (Phi) is 4.46. The third kappa shape index (κ3) is 3.61. The average Bonchev–Trinajstić information content (AvgIpc) is 2.37. The highest BCUT2D eigenvalue weighted by molar-refractivity contribution is 6.34. The topological polar surface area (TPSA) is 78.7 Å². The molecule has 0 aromatic heterocycles. The zero-order valence-corrected chi connectivity index (χ0v) is 12.0. The minimum atomic E-state index is -0.200. The number of carbonyl (C=O) groups excluding carboxylic acids is 2. The molecule has 0 bridgehead atoms. The number of likely N-dealkylation sites (N-methyl/N-ethyl adjacent to an activating group) is 1. The van der Waals surface area contributed by atoms with Gasteiger partial charge in [0.25, 0.3) is 0 Å². The van der Waals surface area contributed by atoms with E-state index in [1.54, 1.807) is 30.1 Å². The normalized spacial score (nSPS) is 16.3. The monoisotopic (exact) mass is 296 g/mol. The molecule has 2 amide bonds. The molecule has 0 saturated carbocycles. The Morgan fingerprint density at radius 3 is 2.85 bits per heavy atom. The molecule has 20 heavy (non-hydrogen) atoms. The fourth-order valence-corrected chi connectivity index (χ4v) is 2.20. The van der Waals surface area contributed by atoms with Crippen LogP contribution in [-0.2, 0) is 9.59 Å². The van der Waals surface area contributed by atoms with E-state index in [0.717, 1.165) is 0 Å². The van der Waals surface area contributed by atoms with E-state index in [4.69, 9.17) is 17.3 Å². The summed E-state index contributed by atoms with van der Waals surface area (Å²) in [4.78, 5) is 27.0. The lowest BCUT2D eigenvalue weighted by atomic mass is 10.2. The Morgan fingerprint density at radius 2 is 2.20 bits per heavy atom. The molecule has 7 heteroatoms. The SMILES string of the molecule is CN1CCN(CC(=O)Nc2ccc(N)cc2Cl)CC1=O. The summed E-state index contributed by atoms with van der Waals surface area (Å²) in [5, 5.41) is 3.11. The van der Waals surface area contributed by atoms with Gasteiger partial charge in [-0.2, -0.15) is 0 Å². The van der Waals surface area contributed by atoms with Crippen LogP contribution in [0, 0.1) is 0 Å². The lowest BCUT2D eigenvalue weighted by Gasteiger charge is -2.31. The smallest absolute Gasteiger partial charge is 0.238 e. The second kappa shape index (κ2) is 6.11. The molecule has 0 atom stereocenters. The van der Waals surface area contributed by atoms with Crippen molar-refractivity contribution in [2.24, 2.45) is 0 Å². The van der Waals surface area contributed by atoms with Crippen molar-refractivity contribution in [1.82, 2.24) is 9.80 Å². The molecule has 0 radical (unpaired) electrons. The minimum absolute atomic E-state index is 0.0227. The molecule has 2 rings (SSSR count). The van der Waals surface area contributed by atoms with Crippen molar-refractivity contribution in [1.29, 1.82) is 0 Å². The molecule has 108 valence electrons. The van der Waals surface area contributed by atoms with E-state index >= 15 is 0 Å². The first-order chi connectivity index (χ1) is 9.45. The van der Waals surface area contributed by atoms with Crippen LogP contribution in [0.5, 0.6) is 0 Å². The first-order valence-electron chi connectivity index (χ1n) is 6.27. The van der Waals surface area contributed by atoms with E-state index in [2.05, 4.69) is 5.32 Å². The maximum Gasteiger partial charge on any atom is 0.238 e. The maximum atomic E-state index is 11.9. The summed E-state index contributed by atoms with van der Waals surface area (Å²) in [7, 11) is 1.76. The van der Waals surface area contributed by atoms with Crippen LogP contribution in [0.4, 0.5) is 11.4 Å². The molecule has 1 aromatic rings. The van der Waals surface area contributed by atoms with Crippen LogP contribution < -0.4 is 11.1 Å². The second-order valence-corrected chi connectivity index (χ2v) is 5.22. The maximum absolute atomic E-state index is 11.9. The Labute approximate surface area is 122 Å². The van der Waals surface area contributed by atoms with Gasteiger partial charge in [0, 0.05) is 25.8 Å². The summed E-state index contributed by atoms with van der Waals surface area (Å²) < 4.78 is 0. The molecule has 0 unspecified atom stereocenters. The highest BCUT2D eigenvalue weighted by atomic mass is 35.5. The first kappa shape index (κ1) is 14.6. The van der Waals surface area contributed by atoms with Crippen molar-refractivity contribution in [2.75, 3.05) is 44.3 Å². The largest absolute Gasteiger partial charge is 0.399 e. The minimum Gasteiger partial charge on any atom is -0.399 e. The van der Waals surface area contributed by atoms with E-state index in [-0.39, 0.29) is 24.9 Å². The van der Waals surface area contributed by atoms with E-state index in [9.17, 15) is 9.59 Å². The summed E-state index contributed by atoms with van der Waals surface area (Å²) in [5.41, 5.74) is 6.65. The summed E-state index contributed by atoms with van der Waals surface area (Å²) >= 11 is 5.99. The molecule has 1 aliphatic rings. The fourth-order valence-electron chi connectivity index (χ4n) is 1.97. The van der Waals surface area contributed by atoms with Crippen molar-refractivity contribution in [3.05, 3.63) is 23.2 Å². The van der Waals surface area contributed by atoms with Crippen LogP contribution in [0.3, 0.4) is 0 Å². The zero-order valence-electron chi connectivity index (χ0n) is 11.2. The number of benzene rings is 1. The van der Waals surface area contributed by atoms with Gasteiger partial charge in [0.2, 0.25) is 11.8 Å². The molecule has 1 aliphatic heterocycles. The number of rotatable bonds is 3. The van der Waals surface area contributed by atoms with Gasteiger partial charge in [0.1, 0.15) is 0 Å². The van der Waals surface area contributed by atoms with Gasteiger partial charge in [-0.1, -0.05) is 11.6 Å². The van der Waals surface area contributed by atoms with Crippen molar-refractivity contribution in [3.63, 3.8) is 0 Å². The van der Waals surface area contributed by atoms with Crippen molar-refractivity contribution in [3.8, 4) is 0 Å².